The van der Waals surface area contributed by atoms with Crippen LogP contribution in [-0.4, -0.2) is 34.5 Å². The summed E-state index contributed by atoms with van der Waals surface area (Å²) >= 11 is 3.31. The van der Waals surface area contributed by atoms with Crippen molar-refractivity contribution in [1.82, 2.24) is 20.8 Å². The molecule has 8 nitrogen and oxygen atoms in total. The fourth-order valence-electron chi connectivity index (χ4n) is 2.34. The minimum absolute atomic E-state index is 0.149. The molecule has 0 saturated heterocycles. The zero-order valence-corrected chi connectivity index (χ0v) is 20.3. The Labute approximate surface area is 200 Å². The maximum Gasteiger partial charge on any atom is 0.292 e. The molecule has 0 spiro atoms. The van der Waals surface area contributed by atoms with Gasteiger partial charge >= 0.3 is 0 Å². The second-order valence-corrected chi connectivity index (χ2v) is 6.87. The SMILES string of the molecule is CC.CCc1ccc(F)cc1.COc1nc(-c2ccc(Br)cc2)nc(C(=O)NNC=O)c1O. The van der Waals surface area contributed by atoms with Crippen molar-refractivity contribution in [2.24, 2.45) is 0 Å². The summed E-state index contributed by atoms with van der Waals surface area (Å²) in [6.07, 6.45) is 1.25. The zero-order valence-electron chi connectivity index (χ0n) is 18.7. The smallest absolute Gasteiger partial charge is 0.292 e. The predicted molar refractivity (Wildman–Crippen MR) is 127 cm³/mol. The molecule has 0 unspecified atom stereocenters. The number of halogens is 2. The van der Waals surface area contributed by atoms with Crippen LogP contribution in [-0.2, 0) is 11.2 Å². The number of hydrogen-bond donors (Lipinski definition) is 3. The van der Waals surface area contributed by atoms with Crippen LogP contribution in [0.4, 0.5) is 4.39 Å². The molecule has 3 N–H and O–H groups in total. The first-order valence-electron chi connectivity index (χ1n) is 10.0. The van der Waals surface area contributed by atoms with Gasteiger partial charge in [0.25, 0.3) is 11.8 Å². The molecule has 10 heteroatoms. The number of carbonyl (C=O) groups excluding carboxylic acids is 2. The Hall–Kier alpha value is -3.53. The molecule has 1 heterocycles. The van der Waals surface area contributed by atoms with Crippen molar-refractivity contribution in [3.05, 3.63) is 70.1 Å². The highest BCUT2D eigenvalue weighted by atomic mass is 79.9. The van der Waals surface area contributed by atoms with Crippen molar-refractivity contribution < 1.29 is 23.8 Å². The number of benzene rings is 2. The molecule has 3 rings (SSSR count). The van der Waals surface area contributed by atoms with E-state index in [0.717, 1.165) is 10.9 Å². The van der Waals surface area contributed by atoms with Crippen LogP contribution < -0.4 is 15.6 Å². The second kappa shape index (κ2) is 14.5. The topological polar surface area (TPSA) is 113 Å². The van der Waals surface area contributed by atoms with Crippen LogP contribution >= 0.6 is 15.9 Å². The van der Waals surface area contributed by atoms with Gasteiger partial charge in [0.15, 0.2) is 11.5 Å². The third kappa shape index (κ3) is 8.49. The quantitative estimate of drug-likeness (QED) is 0.327. The van der Waals surface area contributed by atoms with Gasteiger partial charge in [-0.25, -0.2) is 9.37 Å². The van der Waals surface area contributed by atoms with E-state index in [1.807, 2.05) is 26.2 Å². The van der Waals surface area contributed by atoms with E-state index in [-0.39, 0.29) is 29.6 Å². The van der Waals surface area contributed by atoms with Crippen LogP contribution in [0, 0.1) is 5.82 Å². The summed E-state index contributed by atoms with van der Waals surface area (Å²) < 4.78 is 18.0. The molecular formula is C23H26BrFN4O4. The maximum atomic E-state index is 12.2. The predicted octanol–water partition coefficient (Wildman–Crippen LogP) is 4.43. The molecule has 2 aromatic carbocycles. The van der Waals surface area contributed by atoms with Crippen LogP contribution in [0.15, 0.2) is 53.0 Å². The van der Waals surface area contributed by atoms with Crippen molar-refractivity contribution in [1.29, 1.82) is 0 Å². The average molecular weight is 521 g/mol. The molecule has 3 aromatic rings. The molecule has 0 aliphatic carbocycles. The summed E-state index contributed by atoms with van der Waals surface area (Å²) in [6.45, 7) is 6.05. The maximum absolute atomic E-state index is 12.2. The van der Waals surface area contributed by atoms with Crippen LogP contribution in [0.3, 0.4) is 0 Å². The van der Waals surface area contributed by atoms with Gasteiger partial charge in [-0.1, -0.05) is 61.0 Å². The lowest BCUT2D eigenvalue weighted by Gasteiger charge is -2.10. The molecule has 33 heavy (non-hydrogen) atoms. The monoisotopic (exact) mass is 520 g/mol. The largest absolute Gasteiger partial charge is 0.501 e. The third-order valence-corrected chi connectivity index (χ3v) is 4.46. The van der Waals surface area contributed by atoms with Gasteiger partial charge in [0, 0.05) is 10.0 Å². The molecule has 0 bridgehead atoms. The number of rotatable bonds is 6. The fourth-order valence-corrected chi connectivity index (χ4v) is 2.60. The number of hydrogen-bond acceptors (Lipinski definition) is 6. The highest BCUT2D eigenvalue weighted by Crippen LogP contribution is 2.30. The Morgan fingerprint density at radius 2 is 1.73 bits per heavy atom. The summed E-state index contributed by atoms with van der Waals surface area (Å²) in [5.74, 6) is -1.44. The number of aromatic nitrogens is 2. The van der Waals surface area contributed by atoms with Gasteiger partial charge in [0.1, 0.15) is 5.82 Å². The van der Waals surface area contributed by atoms with E-state index >= 15 is 0 Å². The summed E-state index contributed by atoms with van der Waals surface area (Å²) in [7, 11) is 1.30. The third-order valence-electron chi connectivity index (χ3n) is 3.93. The number of amides is 2. The minimum Gasteiger partial charge on any atom is -0.501 e. The number of carbonyl (C=O) groups is 2. The molecule has 176 valence electrons. The Morgan fingerprint density at radius 1 is 1.12 bits per heavy atom. The Morgan fingerprint density at radius 3 is 2.24 bits per heavy atom. The molecule has 0 fully saturated rings. The lowest BCUT2D eigenvalue weighted by Crippen LogP contribution is -2.36. The van der Waals surface area contributed by atoms with Gasteiger partial charge in [-0.3, -0.25) is 20.4 Å². The van der Waals surface area contributed by atoms with Crippen molar-refractivity contribution in [2.75, 3.05) is 7.11 Å². The molecule has 0 atom stereocenters. The highest BCUT2D eigenvalue weighted by molar-refractivity contribution is 9.10. The molecular weight excluding hydrogens is 495 g/mol. The standard InChI is InChI=1S/C13H11BrN4O4.C8H9F.C2H6/c1-22-13-10(20)9(12(21)18-15-6-19)16-11(17-13)7-2-4-8(14)5-3-7;1-2-7-3-5-8(9)6-4-7;1-2/h2-6,20H,1H3,(H,15,19)(H,18,21);3-6H,2H2,1H3;1-2H3. The summed E-state index contributed by atoms with van der Waals surface area (Å²) in [4.78, 5) is 30.2. The van der Waals surface area contributed by atoms with Crippen molar-refractivity contribution in [2.45, 2.75) is 27.2 Å². The average Bonchev–Trinajstić information content (AvgIpc) is 2.85. The normalized spacial score (nSPS) is 9.39. The van der Waals surface area contributed by atoms with Crippen LogP contribution in [0.25, 0.3) is 11.4 Å². The first-order chi connectivity index (χ1) is 15.9. The zero-order chi connectivity index (χ0) is 24.8. The van der Waals surface area contributed by atoms with E-state index < -0.39 is 11.7 Å². The van der Waals surface area contributed by atoms with E-state index in [1.165, 1.54) is 24.8 Å². The van der Waals surface area contributed by atoms with Gasteiger partial charge < -0.3 is 9.84 Å². The highest BCUT2D eigenvalue weighted by Gasteiger charge is 2.21. The number of methoxy groups -OCH3 is 1. The van der Waals surface area contributed by atoms with E-state index in [4.69, 9.17) is 4.74 Å². The Bertz CT molecular complexity index is 1030. The van der Waals surface area contributed by atoms with Crippen molar-refractivity contribution >= 4 is 28.2 Å². The van der Waals surface area contributed by atoms with Gasteiger partial charge in [-0.15, -0.1) is 0 Å². The number of ether oxygens (including phenoxy) is 1. The number of nitrogens with one attached hydrogen (secondary N) is 2. The second-order valence-electron chi connectivity index (χ2n) is 5.96. The summed E-state index contributed by atoms with van der Waals surface area (Å²) in [5.41, 5.74) is 5.52. The van der Waals surface area contributed by atoms with Gasteiger partial charge in [0.2, 0.25) is 12.2 Å². The lowest BCUT2D eigenvalue weighted by atomic mass is 10.2. The number of nitrogens with zero attached hydrogens (tertiary/aromatic N) is 2. The summed E-state index contributed by atoms with van der Waals surface area (Å²) in [6, 6.07) is 13.6. The minimum atomic E-state index is -0.802. The molecule has 0 saturated carbocycles. The lowest BCUT2D eigenvalue weighted by molar-refractivity contribution is -0.110. The molecule has 0 radical (unpaired) electrons. The fraction of sp³-hybridized carbons (Fsp3) is 0.217. The number of aryl methyl sites for hydroxylation is 1. The van der Waals surface area contributed by atoms with Crippen LogP contribution in [0.5, 0.6) is 11.6 Å². The van der Waals surface area contributed by atoms with Crippen molar-refractivity contribution in [3.8, 4) is 23.0 Å². The van der Waals surface area contributed by atoms with Gasteiger partial charge in [-0.05, 0) is 36.2 Å². The van der Waals surface area contributed by atoms with Crippen LogP contribution in [0.1, 0.15) is 36.8 Å². The first-order valence-corrected chi connectivity index (χ1v) is 10.8. The molecule has 1 aromatic heterocycles. The number of aromatic hydroxyl groups is 1. The van der Waals surface area contributed by atoms with Gasteiger partial charge in [0.05, 0.1) is 7.11 Å². The van der Waals surface area contributed by atoms with Crippen molar-refractivity contribution in [3.63, 3.8) is 0 Å². The first kappa shape index (κ1) is 27.5. The Kier molecular flexibility index (Phi) is 12.1. The van der Waals surface area contributed by atoms with E-state index in [9.17, 15) is 19.1 Å². The molecule has 2 amide bonds. The Balaban J connectivity index is 0.000000412. The van der Waals surface area contributed by atoms with E-state index in [1.54, 1.807) is 36.4 Å². The number of hydrazine groups is 1. The summed E-state index contributed by atoms with van der Waals surface area (Å²) in [5, 5.41) is 9.94. The van der Waals surface area contributed by atoms with E-state index in [0.29, 0.717) is 5.56 Å². The van der Waals surface area contributed by atoms with Crippen LogP contribution in [0.2, 0.25) is 0 Å². The van der Waals surface area contributed by atoms with E-state index in [2.05, 4.69) is 31.3 Å². The molecule has 0 aliphatic rings. The molecule has 0 aliphatic heterocycles. The van der Waals surface area contributed by atoms with Gasteiger partial charge in [-0.2, -0.15) is 4.98 Å².